The second kappa shape index (κ2) is 12.6. The minimum atomic E-state index is -4.48. The van der Waals surface area contributed by atoms with Gasteiger partial charge in [-0.2, -0.15) is 8.78 Å². The average Bonchev–Trinajstić information content (AvgIpc) is 3.13. The first-order chi connectivity index (χ1) is 17.3. The Morgan fingerprint density at radius 2 is 1.76 bits per heavy atom. The van der Waals surface area contributed by atoms with Gasteiger partial charge >= 0.3 is 24.3 Å². The number of rotatable bonds is 11. The number of halogens is 4. The largest absolute Gasteiger partial charge is 0.487 e. The number of carbonyl (C=O) groups is 2. The van der Waals surface area contributed by atoms with E-state index in [1.165, 1.54) is 6.92 Å². The van der Waals surface area contributed by atoms with Crippen molar-refractivity contribution in [2.24, 2.45) is 0 Å². The van der Waals surface area contributed by atoms with Gasteiger partial charge in [0, 0.05) is 12.1 Å². The Morgan fingerprint density at radius 3 is 2.32 bits per heavy atom. The minimum absolute atomic E-state index is 0.0105. The highest BCUT2D eigenvalue weighted by Crippen LogP contribution is 2.35. The third kappa shape index (κ3) is 7.72. The zero-order valence-corrected chi connectivity index (χ0v) is 21.2. The Kier molecular flexibility index (Phi) is 10.1. The molecule has 0 aliphatic heterocycles. The number of anilines is 2. The van der Waals surface area contributed by atoms with Crippen LogP contribution in [0.1, 0.15) is 39.4 Å². The first-order valence-corrected chi connectivity index (χ1v) is 11.7. The Balaban J connectivity index is 2.33. The van der Waals surface area contributed by atoms with Gasteiger partial charge in [-0.05, 0) is 38.6 Å². The van der Waals surface area contributed by atoms with Crippen LogP contribution in [0.25, 0.3) is 0 Å². The molecule has 0 fully saturated rings. The van der Waals surface area contributed by atoms with Gasteiger partial charge in [-0.1, -0.05) is 0 Å². The molecule has 0 radical (unpaired) electrons. The van der Waals surface area contributed by atoms with Crippen LogP contribution in [0.2, 0.25) is 0 Å². The Morgan fingerprint density at radius 1 is 1.14 bits per heavy atom. The van der Waals surface area contributed by atoms with Crippen LogP contribution in [0, 0.1) is 17.0 Å². The van der Waals surface area contributed by atoms with Crippen molar-refractivity contribution < 1.29 is 46.3 Å². The highest BCUT2D eigenvalue weighted by Gasteiger charge is 2.41. The Labute approximate surface area is 217 Å². The monoisotopic (exact) mass is 567 g/mol. The van der Waals surface area contributed by atoms with E-state index in [2.05, 4.69) is 15.4 Å². The quantitative estimate of drug-likeness (QED) is 0.120. The number of hydrogen-bond acceptors (Lipinski definition) is 9. The van der Waals surface area contributed by atoms with Crippen molar-refractivity contribution in [3.63, 3.8) is 0 Å². The van der Waals surface area contributed by atoms with E-state index in [4.69, 9.17) is 21.7 Å². The molecule has 1 aromatic carbocycles. The van der Waals surface area contributed by atoms with Gasteiger partial charge in [0.2, 0.25) is 0 Å². The standard InChI is InChI=1S/C21H21F4N3O7S2/c1-4-33-17(29)14-10(3)15(18(30)34-5-2)37-16(14)27-20(36)26-11-6-12(28(31)32)8-13(7-11)35-9-21(24,25)19(22)23/h6-8,19H,4-5,9H2,1-3H3,(H2,26,27,36). The van der Waals surface area contributed by atoms with Gasteiger partial charge in [0.05, 0.1) is 35.5 Å². The van der Waals surface area contributed by atoms with E-state index >= 15 is 0 Å². The molecule has 0 atom stereocenters. The van der Waals surface area contributed by atoms with Crippen molar-refractivity contribution in [3.05, 3.63) is 44.3 Å². The number of esters is 2. The molecular formula is C21H21F4N3O7S2. The number of ether oxygens (including phenoxy) is 3. The van der Waals surface area contributed by atoms with Crippen molar-refractivity contribution in [2.75, 3.05) is 30.5 Å². The number of nitro groups is 1. The maximum Gasteiger partial charge on any atom is 0.348 e. The second-order valence-electron chi connectivity index (χ2n) is 7.10. The highest BCUT2D eigenvalue weighted by atomic mass is 32.1. The highest BCUT2D eigenvalue weighted by molar-refractivity contribution is 7.80. The van der Waals surface area contributed by atoms with Crippen LogP contribution in [-0.4, -0.2) is 54.1 Å². The fourth-order valence-corrected chi connectivity index (χ4v) is 4.17. The smallest absolute Gasteiger partial charge is 0.348 e. The number of hydrogen-bond donors (Lipinski definition) is 2. The van der Waals surface area contributed by atoms with Crippen LogP contribution in [0.15, 0.2) is 18.2 Å². The topological polar surface area (TPSA) is 129 Å². The van der Waals surface area contributed by atoms with Crippen LogP contribution >= 0.6 is 23.6 Å². The molecule has 0 saturated carbocycles. The van der Waals surface area contributed by atoms with Crippen molar-refractivity contribution in [2.45, 2.75) is 33.1 Å². The normalized spacial score (nSPS) is 11.1. The van der Waals surface area contributed by atoms with Crippen LogP contribution in [-0.2, 0) is 9.47 Å². The number of nitro benzene ring substituents is 1. The molecule has 10 nitrogen and oxygen atoms in total. The predicted molar refractivity (Wildman–Crippen MR) is 130 cm³/mol. The lowest BCUT2D eigenvalue weighted by atomic mass is 10.1. The van der Waals surface area contributed by atoms with E-state index in [1.807, 2.05) is 0 Å². The summed E-state index contributed by atoms with van der Waals surface area (Å²) in [4.78, 5) is 35.3. The number of nitrogens with one attached hydrogen (secondary N) is 2. The van der Waals surface area contributed by atoms with E-state index in [0.29, 0.717) is 0 Å². The van der Waals surface area contributed by atoms with Crippen molar-refractivity contribution in [1.29, 1.82) is 0 Å². The van der Waals surface area contributed by atoms with Gasteiger partial charge in [0.1, 0.15) is 15.6 Å². The van der Waals surface area contributed by atoms with E-state index in [-0.39, 0.29) is 45.0 Å². The van der Waals surface area contributed by atoms with Gasteiger partial charge < -0.3 is 24.8 Å². The van der Waals surface area contributed by atoms with Crippen LogP contribution in [0.3, 0.4) is 0 Å². The number of thiophene rings is 1. The van der Waals surface area contributed by atoms with Gasteiger partial charge in [-0.3, -0.25) is 10.1 Å². The molecule has 1 heterocycles. The summed E-state index contributed by atoms with van der Waals surface area (Å²) in [5.41, 5.74) is -0.430. The number of non-ortho nitro benzene ring substituents is 1. The lowest BCUT2D eigenvalue weighted by Gasteiger charge is -2.17. The molecule has 0 amide bonds. The molecule has 0 saturated heterocycles. The number of alkyl halides is 4. The molecule has 0 bridgehead atoms. The molecule has 16 heteroatoms. The summed E-state index contributed by atoms with van der Waals surface area (Å²) in [7, 11) is 0. The fraction of sp³-hybridized carbons (Fsp3) is 0.381. The molecule has 1 aromatic heterocycles. The van der Waals surface area contributed by atoms with E-state index in [1.54, 1.807) is 13.8 Å². The van der Waals surface area contributed by atoms with Gasteiger partial charge in [-0.15, -0.1) is 11.3 Å². The summed E-state index contributed by atoms with van der Waals surface area (Å²) >= 11 is 6.05. The zero-order chi connectivity index (χ0) is 27.9. The summed E-state index contributed by atoms with van der Waals surface area (Å²) in [6, 6.07) is 2.79. The molecule has 2 N–H and O–H groups in total. The number of thiocarbonyl (C=S) groups is 1. The number of carbonyl (C=O) groups excluding carboxylic acids is 2. The van der Waals surface area contributed by atoms with Crippen molar-refractivity contribution in [3.8, 4) is 5.75 Å². The minimum Gasteiger partial charge on any atom is -0.487 e. The van der Waals surface area contributed by atoms with Crippen molar-refractivity contribution >= 4 is 57.0 Å². The first kappa shape index (κ1) is 29.7. The van der Waals surface area contributed by atoms with Crippen molar-refractivity contribution in [1.82, 2.24) is 0 Å². The van der Waals surface area contributed by atoms with E-state index in [0.717, 1.165) is 29.5 Å². The Hall–Kier alpha value is -3.53. The van der Waals surface area contributed by atoms with Crippen LogP contribution < -0.4 is 15.4 Å². The molecule has 0 aliphatic carbocycles. The second-order valence-corrected chi connectivity index (χ2v) is 8.53. The molecule has 0 spiro atoms. The van der Waals surface area contributed by atoms with Gasteiger partial charge in [-0.25, -0.2) is 18.4 Å². The maximum absolute atomic E-state index is 13.2. The maximum atomic E-state index is 13.2. The lowest BCUT2D eigenvalue weighted by molar-refractivity contribution is -0.384. The fourth-order valence-electron chi connectivity index (χ4n) is 2.79. The van der Waals surface area contributed by atoms with E-state index in [9.17, 15) is 37.3 Å². The van der Waals surface area contributed by atoms with Crippen LogP contribution in [0.5, 0.6) is 5.75 Å². The molecule has 0 unspecified atom stereocenters. The Bertz CT molecular complexity index is 1190. The molecule has 202 valence electrons. The van der Waals surface area contributed by atoms with E-state index < -0.39 is 47.3 Å². The lowest BCUT2D eigenvalue weighted by Crippen LogP contribution is -2.33. The van der Waals surface area contributed by atoms with Crippen LogP contribution in [0.4, 0.5) is 33.9 Å². The number of benzene rings is 1. The molecule has 2 rings (SSSR count). The zero-order valence-electron chi connectivity index (χ0n) is 19.6. The third-order valence-electron chi connectivity index (χ3n) is 4.42. The summed E-state index contributed by atoms with van der Waals surface area (Å²) in [6.45, 7) is 3.12. The van der Waals surface area contributed by atoms with Gasteiger partial charge in [0.15, 0.2) is 11.7 Å². The predicted octanol–water partition coefficient (Wildman–Crippen LogP) is 5.41. The SMILES string of the molecule is CCOC(=O)c1sc(NC(=S)Nc2cc(OCC(F)(F)C(F)F)cc([N+](=O)[O-])c2)c(C(=O)OCC)c1C. The molecule has 37 heavy (non-hydrogen) atoms. The summed E-state index contributed by atoms with van der Waals surface area (Å²) < 4.78 is 65.9. The van der Waals surface area contributed by atoms with Gasteiger partial charge in [0.25, 0.3) is 5.69 Å². The third-order valence-corrected chi connectivity index (χ3v) is 5.82. The molecule has 2 aromatic rings. The number of nitrogens with zero attached hydrogens (tertiary/aromatic N) is 1. The molecule has 0 aliphatic rings. The first-order valence-electron chi connectivity index (χ1n) is 10.4. The summed E-state index contributed by atoms with van der Waals surface area (Å²) in [6.07, 6.45) is -4.00. The average molecular weight is 568 g/mol. The summed E-state index contributed by atoms with van der Waals surface area (Å²) in [5.74, 6) is -6.40. The molecular weight excluding hydrogens is 546 g/mol. The summed E-state index contributed by atoms with van der Waals surface area (Å²) in [5, 5.41) is 16.4.